The van der Waals surface area contributed by atoms with Crippen molar-refractivity contribution in [2.24, 2.45) is 22.7 Å². The van der Waals surface area contributed by atoms with Gasteiger partial charge in [0.05, 0.1) is 31.3 Å². The number of ketones is 1. The predicted octanol–water partition coefficient (Wildman–Crippen LogP) is 1.89. The van der Waals surface area contributed by atoms with Crippen LogP contribution in [-0.2, 0) is 25.5 Å². The van der Waals surface area contributed by atoms with Crippen molar-refractivity contribution < 1.29 is 33.7 Å². The second-order valence-electron chi connectivity index (χ2n) is 9.36. The normalized spacial score (nSPS) is 42.4. The van der Waals surface area contributed by atoms with Crippen molar-refractivity contribution >= 4 is 11.8 Å². The molecule has 1 aromatic rings. The van der Waals surface area contributed by atoms with Crippen LogP contribution in [0.4, 0.5) is 0 Å². The molecular weight excluding hydrogens is 376 g/mol. The van der Waals surface area contributed by atoms with Crippen LogP contribution in [0.3, 0.4) is 0 Å². The molecule has 3 aliphatic rings. The number of hydrogen-bond acceptors (Lipinski definition) is 7. The van der Waals surface area contributed by atoms with Gasteiger partial charge < -0.3 is 24.1 Å². The van der Waals surface area contributed by atoms with Crippen molar-refractivity contribution in [2.45, 2.75) is 64.3 Å². The molecule has 29 heavy (non-hydrogen) atoms. The van der Waals surface area contributed by atoms with E-state index in [4.69, 9.17) is 13.9 Å². The van der Waals surface area contributed by atoms with E-state index >= 15 is 0 Å². The van der Waals surface area contributed by atoms with Crippen molar-refractivity contribution in [1.82, 2.24) is 0 Å². The van der Waals surface area contributed by atoms with Crippen LogP contribution in [0.25, 0.3) is 0 Å². The Morgan fingerprint density at radius 1 is 1.45 bits per heavy atom. The maximum Gasteiger partial charge on any atom is 0.302 e. The van der Waals surface area contributed by atoms with Gasteiger partial charge >= 0.3 is 5.97 Å². The van der Waals surface area contributed by atoms with Gasteiger partial charge in [0.2, 0.25) is 0 Å². The fourth-order valence-electron chi connectivity index (χ4n) is 6.14. The molecule has 0 aromatic carbocycles. The summed E-state index contributed by atoms with van der Waals surface area (Å²) >= 11 is 0. The number of aliphatic hydroxyl groups excluding tert-OH is 2. The zero-order valence-electron chi connectivity index (χ0n) is 17.2. The minimum Gasteiger partial charge on any atom is -0.472 e. The summed E-state index contributed by atoms with van der Waals surface area (Å²) in [6.07, 6.45) is 3.18. The first-order chi connectivity index (χ1) is 13.7. The van der Waals surface area contributed by atoms with Gasteiger partial charge in [0.1, 0.15) is 23.4 Å². The first-order valence-corrected chi connectivity index (χ1v) is 10.4. The summed E-state index contributed by atoms with van der Waals surface area (Å²) in [5, 5.41) is 22.6. The van der Waals surface area contributed by atoms with Crippen molar-refractivity contribution in [3.05, 3.63) is 24.2 Å². The number of carbonyl (C=O) groups excluding carboxylic acids is 2. The Bertz CT molecular complexity index is 783. The number of aliphatic hydroxyl groups is 2. The van der Waals surface area contributed by atoms with Crippen LogP contribution in [0, 0.1) is 22.7 Å². The Hall–Kier alpha value is -1.70. The van der Waals surface area contributed by atoms with E-state index < -0.39 is 40.5 Å². The van der Waals surface area contributed by atoms with Crippen LogP contribution in [-0.4, -0.2) is 53.0 Å². The highest BCUT2D eigenvalue weighted by molar-refractivity contribution is 5.89. The molecule has 1 aromatic heterocycles. The van der Waals surface area contributed by atoms with E-state index in [1.165, 1.54) is 6.92 Å². The van der Waals surface area contributed by atoms with Crippen molar-refractivity contribution in [1.29, 1.82) is 0 Å². The lowest BCUT2D eigenvalue weighted by Crippen LogP contribution is -2.70. The highest BCUT2D eigenvalue weighted by atomic mass is 16.6. The van der Waals surface area contributed by atoms with Gasteiger partial charge in [-0.2, -0.15) is 0 Å². The molecule has 1 spiro atoms. The third-order valence-electron chi connectivity index (χ3n) is 8.02. The highest BCUT2D eigenvalue weighted by Gasteiger charge is 2.77. The van der Waals surface area contributed by atoms with Crippen LogP contribution < -0.4 is 0 Å². The van der Waals surface area contributed by atoms with Crippen LogP contribution in [0.1, 0.15) is 45.6 Å². The summed E-state index contributed by atoms with van der Waals surface area (Å²) in [5.74, 6) is -1.25. The van der Waals surface area contributed by atoms with Gasteiger partial charge in [0, 0.05) is 31.1 Å². The Kier molecular flexibility index (Phi) is 4.91. The number of epoxide rings is 1. The first-order valence-electron chi connectivity index (χ1n) is 10.4. The maximum absolute atomic E-state index is 13.5. The Morgan fingerprint density at radius 2 is 2.17 bits per heavy atom. The third-order valence-corrected chi connectivity index (χ3v) is 8.02. The van der Waals surface area contributed by atoms with Crippen LogP contribution >= 0.6 is 0 Å². The molecule has 2 aliphatic carbocycles. The minimum atomic E-state index is -1.14. The number of fused-ring (bicyclic) bond motifs is 2. The number of carbonyl (C=O) groups is 2. The lowest BCUT2D eigenvalue weighted by Gasteiger charge is -2.61. The number of furan rings is 1. The molecule has 7 atom stereocenters. The van der Waals surface area contributed by atoms with Crippen LogP contribution in [0.2, 0.25) is 0 Å². The minimum absolute atomic E-state index is 0.0412. The standard InChI is InChI=1S/C22H30O7/c1-13-8-18(26)22(12-28-14(2)23)19(16(24)4-6-21(22)11-29-21)20(13,3)17(25)9-15-5-7-27-10-15/h5,7,10,13,16-17,19,24-25H,4,6,8-9,11-12H2,1-3H3/t13-,16+,17+,19-,20-,21+,22-/m1/s1. The lowest BCUT2D eigenvalue weighted by atomic mass is 9.42. The first kappa shape index (κ1) is 20.6. The maximum atomic E-state index is 13.5. The summed E-state index contributed by atoms with van der Waals surface area (Å²) in [7, 11) is 0. The van der Waals surface area contributed by atoms with E-state index in [2.05, 4.69) is 0 Å². The zero-order valence-corrected chi connectivity index (χ0v) is 17.2. The third kappa shape index (κ3) is 2.89. The molecule has 2 heterocycles. The van der Waals surface area contributed by atoms with E-state index in [0.717, 1.165) is 5.56 Å². The number of rotatable bonds is 5. The van der Waals surface area contributed by atoms with Gasteiger partial charge in [0.25, 0.3) is 0 Å². The van der Waals surface area contributed by atoms with Crippen molar-refractivity contribution in [3.63, 3.8) is 0 Å². The van der Waals surface area contributed by atoms with Crippen LogP contribution in [0.5, 0.6) is 0 Å². The molecule has 1 aliphatic heterocycles. The number of ether oxygens (including phenoxy) is 2. The number of esters is 1. The van der Waals surface area contributed by atoms with Crippen LogP contribution in [0.15, 0.2) is 23.0 Å². The zero-order chi connectivity index (χ0) is 21.0. The smallest absolute Gasteiger partial charge is 0.302 e. The van der Waals surface area contributed by atoms with E-state index in [-0.39, 0.29) is 24.7 Å². The average molecular weight is 406 g/mol. The van der Waals surface area contributed by atoms with E-state index in [9.17, 15) is 19.8 Å². The molecule has 2 saturated carbocycles. The number of hydrogen-bond donors (Lipinski definition) is 2. The Morgan fingerprint density at radius 3 is 2.76 bits per heavy atom. The molecule has 1 saturated heterocycles. The molecule has 4 rings (SSSR count). The topological polar surface area (TPSA) is 110 Å². The van der Waals surface area contributed by atoms with Gasteiger partial charge in [-0.3, -0.25) is 9.59 Å². The fourth-order valence-corrected chi connectivity index (χ4v) is 6.14. The molecular formula is C22H30O7. The van der Waals surface area contributed by atoms with E-state index in [1.807, 2.05) is 13.8 Å². The largest absolute Gasteiger partial charge is 0.472 e. The van der Waals surface area contributed by atoms with Crippen molar-refractivity contribution in [2.75, 3.05) is 13.2 Å². The number of Topliss-reactive ketones (excluding diaryl/α,β-unsaturated/α-hetero) is 1. The molecule has 0 unspecified atom stereocenters. The molecule has 0 bridgehead atoms. The van der Waals surface area contributed by atoms with Gasteiger partial charge in [-0.25, -0.2) is 0 Å². The second-order valence-corrected chi connectivity index (χ2v) is 9.36. The fraction of sp³-hybridized carbons (Fsp3) is 0.727. The molecule has 2 N–H and O–H groups in total. The van der Waals surface area contributed by atoms with E-state index in [0.29, 0.717) is 25.9 Å². The Labute approximate surface area is 170 Å². The summed E-state index contributed by atoms with van der Waals surface area (Å²) < 4.78 is 16.4. The second kappa shape index (κ2) is 6.93. The predicted molar refractivity (Wildman–Crippen MR) is 102 cm³/mol. The summed E-state index contributed by atoms with van der Waals surface area (Å²) in [6, 6.07) is 1.81. The SMILES string of the molecule is CC(=O)OC[C@@]12C(=O)C[C@@H](C)[C@](C)([C@@H](O)Cc3ccoc3)[C@H]1[C@@H](O)CC[C@]21CO1. The van der Waals surface area contributed by atoms with Gasteiger partial charge in [-0.1, -0.05) is 13.8 Å². The van der Waals surface area contributed by atoms with Gasteiger partial charge in [-0.05, 0) is 30.4 Å². The van der Waals surface area contributed by atoms with Gasteiger partial charge in [-0.15, -0.1) is 0 Å². The average Bonchev–Trinajstić information content (AvgIpc) is 3.27. The molecule has 3 fully saturated rings. The summed E-state index contributed by atoms with van der Waals surface area (Å²) in [4.78, 5) is 25.2. The summed E-state index contributed by atoms with van der Waals surface area (Å²) in [6.45, 7) is 5.50. The van der Waals surface area contributed by atoms with Gasteiger partial charge in [0.15, 0.2) is 0 Å². The monoisotopic (exact) mass is 406 g/mol. The quantitative estimate of drug-likeness (QED) is 0.568. The molecule has 7 nitrogen and oxygen atoms in total. The van der Waals surface area contributed by atoms with Crippen molar-refractivity contribution in [3.8, 4) is 0 Å². The Balaban J connectivity index is 1.79. The highest BCUT2D eigenvalue weighted by Crippen LogP contribution is 2.67. The van der Waals surface area contributed by atoms with E-state index in [1.54, 1.807) is 18.6 Å². The lowest BCUT2D eigenvalue weighted by molar-refractivity contribution is -0.219. The molecule has 0 amide bonds. The molecule has 160 valence electrons. The molecule has 7 heteroatoms. The summed E-state index contributed by atoms with van der Waals surface area (Å²) in [5.41, 5.74) is -1.78. The molecule has 0 radical (unpaired) electrons.